The van der Waals surface area contributed by atoms with Gasteiger partial charge in [0.15, 0.2) is 0 Å². The van der Waals surface area contributed by atoms with E-state index in [1.54, 1.807) is 6.07 Å². The van der Waals surface area contributed by atoms with Crippen LogP contribution in [0.2, 0.25) is 0 Å². The van der Waals surface area contributed by atoms with Gasteiger partial charge in [0.25, 0.3) is 0 Å². The minimum absolute atomic E-state index is 0.0457. The van der Waals surface area contributed by atoms with Crippen molar-refractivity contribution in [2.24, 2.45) is 5.92 Å². The molecular weight excluding hydrogens is 166 g/mol. The van der Waals surface area contributed by atoms with Crippen LogP contribution < -0.4 is 5.32 Å². The highest BCUT2D eigenvalue weighted by Gasteiger charge is 2.20. The maximum Gasteiger partial charge on any atom is 0.148 e. The van der Waals surface area contributed by atoms with E-state index in [4.69, 9.17) is 5.11 Å². The van der Waals surface area contributed by atoms with Gasteiger partial charge in [-0.15, -0.1) is 5.10 Å². The van der Waals surface area contributed by atoms with Crippen LogP contribution in [0.15, 0.2) is 12.1 Å². The lowest BCUT2D eigenvalue weighted by molar-refractivity contribution is 0.275. The molecule has 4 nitrogen and oxygen atoms in total. The van der Waals surface area contributed by atoms with Crippen molar-refractivity contribution in [3.63, 3.8) is 0 Å². The molecule has 2 N–H and O–H groups in total. The van der Waals surface area contributed by atoms with E-state index >= 15 is 0 Å². The van der Waals surface area contributed by atoms with Gasteiger partial charge >= 0.3 is 0 Å². The Labute approximate surface area is 77.0 Å². The highest BCUT2D eigenvalue weighted by molar-refractivity contribution is 5.32. The zero-order valence-electron chi connectivity index (χ0n) is 7.40. The van der Waals surface area contributed by atoms with Crippen molar-refractivity contribution < 1.29 is 5.11 Å². The van der Waals surface area contributed by atoms with Crippen molar-refractivity contribution >= 4 is 5.82 Å². The van der Waals surface area contributed by atoms with Crippen LogP contribution in [0.25, 0.3) is 0 Å². The van der Waals surface area contributed by atoms with Crippen LogP contribution in [0.3, 0.4) is 0 Å². The van der Waals surface area contributed by atoms with Crippen LogP contribution in [0.1, 0.15) is 18.5 Å². The van der Waals surface area contributed by atoms with Crippen LogP contribution in [0.4, 0.5) is 5.82 Å². The first-order valence-electron chi connectivity index (χ1n) is 4.56. The molecule has 4 heteroatoms. The molecule has 0 spiro atoms. The van der Waals surface area contributed by atoms with E-state index in [0.29, 0.717) is 5.69 Å². The number of nitrogens with one attached hydrogen (secondary N) is 1. The van der Waals surface area contributed by atoms with E-state index in [0.717, 1.165) is 18.3 Å². The zero-order valence-corrected chi connectivity index (χ0v) is 7.40. The Bertz CT molecular complexity index is 269. The van der Waals surface area contributed by atoms with E-state index in [2.05, 4.69) is 15.5 Å². The summed E-state index contributed by atoms with van der Waals surface area (Å²) in [5.74, 6) is 1.63. The van der Waals surface area contributed by atoms with Gasteiger partial charge in [-0.3, -0.25) is 0 Å². The fourth-order valence-electron chi connectivity index (χ4n) is 1.11. The quantitative estimate of drug-likeness (QED) is 0.717. The maximum atomic E-state index is 8.73. The molecule has 1 fully saturated rings. The molecule has 1 aromatic rings. The van der Waals surface area contributed by atoms with Gasteiger partial charge in [-0.1, -0.05) is 0 Å². The third-order valence-electron chi connectivity index (χ3n) is 2.15. The van der Waals surface area contributed by atoms with E-state index in [9.17, 15) is 0 Å². The number of aliphatic hydroxyl groups excluding tert-OH is 1. The molecule has 0 amide bonds. The van der Waals surface area contributed by atoms with E-state index in [1.807, 2.05) is 6.07 Å². The summed E-state index contributed by atoms with van der Waals surface area (Å²) in [4.78, 5) is 0. The molecule has 1 aliphatic rings. The fourth-order valence-corrected chi connectivity index (χ4v) is 1.11. The summed E-state index contributed by atoms with van der Waals surface area (Å²) in [6.07, 6.45) is 2.66. The van der Waals surface area contributed by atoms with E-state index in [1.165, 1.54) is 12.8 Å². The summed E-state index contributed by atoms with van der Waals surface area (Å²) < 4.78 is 0. The van der Waals surface area contributed by atoms with Gasteiger partial charge in [-0.25, -0.2) is 0 Å². The molecule has 1 saturated carbocycles. The Hall–Kier alpha value is -1.16. The van der Waals surface area contributed by atoms with Gasteiger partial charge in [0.05, 0.1) is 12.3 Å². The van der Waals surface area contributed by atoms with Gasteiger partial charge in [0, 0.05) is 6.54 Å². The molecule has 0 unspecified atom stereocenters. The molecule has 1 aliphatic carbocycles. The van der Waals surface area contributed by atoms with Crippen molar-refractivity contribution in [1.82, 2.24) is 10.2 Å². The minimum atomic E-state index is -0.0457. The topological polar surface area (TPSA) is 58.0 Å². The number of hydrogen-bond donors (Lipinski definition) is 2. The summed E-state index contributed by atoms with van der Waals surface area (Å²) in [7, 11) is 0. The minimum Gasteiger partial charge on any atom is -0.390 e. The Balaban J connectivity index is 1.88. The molecule has 0 aromatic carbocycles. The van der Waals surface area contributed by atoms with Gasteiger partial charge < -0.3 is 10.4 Å². The zero-order chi connectivity index (χ0) is 9.10. The highest BCUT2D eigenvalue weighted by atomic mass is 16.3. The van der Waals surface area contributed by atoms with Crippen molar-refractivity contribution in [2.75, 3.05) is 11.9 Å². The molecule has 2 rings (SSSR count). The van der Waals surface area contributed by atoms with Gasteiger partial charge in [0.1, 0.15) is 5.82 Å². The number of nitrogens with zero attached hydrogens (tertiary/aromatic N) is 2. The predicted octanol–water partition coefficient (Wildman–Crippen LogP) is 0.791. The molecular formula is C9H13N3O. The molecule has 70 valence electrons. The third-order valence-corrected chi connectivity index (χ3v) is 2.15. The first-order valence-corrected chi connectivity index (χ1v) is 4.56. The molecule has 1 aromatic heterocycles. The predicted molar refractivity (Wildman–Crippen MR) is 49.2 cm³/mol. The largest absolute Gasteiger partial charge is 0.390 e. The second-order valence-electron chi connectivity index (χ2n) is 3.39. The molecule has 0 saturated heterocycles. The fraction of sp³-hybridized carbons (Fsp3) is 0.556. The van der Waals surface area contributed by atoms with E-state index in [-0.39, 0.29) is 6.61 Å². The highest BCUT2D eigenvalue weighted by Crippen LogP contribution is 2.28. The summed E-state index contributed by atoms with van der Waals surface area (Å²) in [5.41, 5.74) is 0.608. The van der Waals surface area contributed by atoms with Crippen LogP contribution in [-0.4, -0.2) is 21.8 Å². The first kappa shape index (κ1) is 8.44. The van der Waals surface area contributed by atoms with Crippen LogP contribution in [0, 0.1) is 5.92 Å². The van der Waals surface area contributed by atoms with Gasteiger partial charge in [-0.2, -0.15) is 5.10 Å². The first-order chi connectivity index (χ1) is 6.38. The number of aliphatic hydroxyl groups is 1. The summed E-state index contributed by atoms with van der Waals surface area (Å²) >= 11 is 0. The Morgan fingerprint density at radius 3 is 2.77 bits per heavy atom. The standard InChI is InChI=1S/C9H13N3O/c13-6-8-3-4-9(12-11-8)10-5-7-1-2-7/h3-4,7,13H,1-2,5-6H2,(H,10,12). The number of anilines is 1. The van der Waals surface area contributed by atoms with Crippen LogP contribution in [0.5, 0.6) is 0 Å². The van der Waals surface area contributed by atoms with Crippen molar-refractivity contribution in [2.45, 2.75) is 19.4 Å². The third kappa shape index (κ3) is 2.39. The molecule has 1 heterocycles. The molecule has 13 heavy (non-hydrogen) atoms. The molecule has 0 aliphatic heterocycles. The second kappa shape index (κ2) is 3.70. The molecule has 0 bridgehead atoms. The van der Waals surface area contributed by atoms with Crippen molar-refractivity contribution in [3.8, 4) is 0 Å². The lowest BCUT2D eigenvalue weighted by atomic mass is 10.4. The average molecular weight is 179 g/mol. The maximum absolute atomic E-state index is 8.73. The number of rotatable bonds is 4. The monoisotopic (exact) mass is 179 g/mol. The van der Waals surface area contributed by atoms with Gasteiger partial charge in [0.2, 0.25) is 0 Å². The van der Waals surface area contributed by atoms with Crippen LogP contribution >= 0.6 is 0 Å². The molecule has 0 radical (unpaired) electrons. The normalized spacial score (nSPS) is 15.8. The molecule has 0 atom stereocenters. The van der Waals surface area contributed by atoms with Crippen LogP contribution in [-0.2, 0) is 6.61 Å². The second-order valence-corrected chi connectivity index (χ2v) is 3.39. The smallest absolute Gasteiger partial charge is 0.148 e. The van der Waals surface area contributed by atoms with Gasteiger partial charge in [-0.05, 0) is 30.9 Å². The number of hydrogen-bond acceptors (Lipinski definition) is 4. The lowest BCUT2D eigenvalue weighted by Crippen LogP contribution is -2.06. The summed E-state index contributed by atoms with van der Waals surface area (Å²) in [6, 6.07) is 3.63. The van der Waals surface area contributed by atoms with E-state index < -0.39 is 0 Å². The van der Waals surface area contributed by atoms with Crippen molar-refractivity contribution in [1.29, 1.82) is 0 Å². The Morgan fingerprint density at radius 1 is 1.38 bits per heavy atom. The SMILES string of the molecule is OCc1ccc(NCC2CC2)nn1. The summed E-state index contributed by atoms with van der Waals surface area (Å²) in [6.45, 7) is 0.947. The average Bonchev–Trinajstić information content (AvgIpc) is 2.99. The summed E-state index contributed by atoms with van der Waals surface area (Å²) in [5, 5.41) is 19.7. The number of aromatic nitrogens is 2. The lowest BCUT2D eigenvalue weighted by Gasteiger charge is -2.02. The Morgan fingerprint density at radius 2 is 2.23 bits per heavy atom. The van der Waals surface area contributed by atoms with Crippen molar-refractivity contribution in [3.05, 3.63) is 17.8 Å². The Kier molecular flexibility index (Phi) is 2.40.